The molecule has 0 aromatic heterocycles. The first kappa shape index (κ1) is 33.3. The molecule has 0 aliphatic heterocycles. The Kier molecular flexibility index (Phi) is 12.4. The molecule has 3 aliphatic rings. The lowest BCUT2D eigenvalue weighted by Gasteiger charge is -2.39. The van der Waals surface area contributed by atoms with Crippen molar-refractivity contribution in [3.05, 3.63) is 0 Å². The molecule has 18 N–H and O–H groups in total. The van der Waals surface area contributed by atoms with Crippen molar-refractivity contribution < 1.29 is 91.9 Å². The van der Waals surface area contributed by atoms with Crippen molar-refractivity contribution >= 4 is 0 Å². The molecule has 0 amide bonds. The van der Waals surface area contributed by atoms with E-state index in [-0.39, 0.29) is 0 Å². The fourth-order valence-electron chi connectivity index (χ4n) is 3.64. The fourth-order valence-corrected chi connectivity index (χ4v) is 3.64. The van der Waals surface area contributed by atoms with Crippen molar-refractivity contribution in [3.63, 3.8) is 0 Å². The van der Waals surface area contributed by atoms with Crippen LogP contribution in [0.1, 0.15) is 0 Å². The molecule has 3 saturated carbocycles. The maximum atomic E-state index is 8.97. The Labute approximate surface area is 202 Å². The van der Waals surface area contributed by atoms with Gasteiger partial charge in [0, 0.05) is 0 Å². The summed E-state index contributed by atoms with van der Waals surface area (Å²) < 4.78 is 0. The summed E-state index contributed by atoms with van der Waals surface area (Å²) >= 11 is 0. The lowest BCUT2D eigenvalue weighted by Crippen LogP contribution is -2.63. The van der Waals surface area contributed by atoms with Crippen LogP contribution in [0.2, 0.25) is 0 Å². The summed E-state index contributed by atoms with van der Waals surface area (Å²) in [6.07, 6.45) is -29.5. The van der Waals surface area contributed by atoms with E-state index in [9.17, 15) is 0 Å². The third kappa shape index (κ3) is 6.83. The van der Waals surface area contributed by atoms with Crippen LogP contribution >= 0.6 is 0 Å². The molecular weight excluding hydrogens is 504 g/mol. The molecule has 3 fully saturated rings. The Morgan fingerprint density at radius 2 is 0.139 bits per heavy atom. The molecule has 0 aromatic rings. The molecule has 3 aliphatic carbocycles. The quantitative estimate of drug-likeness (QED) is 0.135. The van der Waals surface area contributed by atoms with Crippen LogP contribution in [-0.4, -0.2) is 202 Å². The van der Waals surface area contributed by atoms with Crippen LogP contribution < -0.4 is 0 Å². The van der Waals surface area contributed by atoms with E-state index in [0.717, 1.165) is 0 Å². The maximum Gasteiger partial charge on any atom is 0.111 e. The molecule has 0 saturated heterocycles. The molecule has 0 aromatic carbocycles. The van der Waals surface area contributed by atoms with Crippen molar-refractivity contribution in [2.24, 2.45) is 0 Å². The van der Waals surface area contributed by atoms with Crippen molar-refractivity contribution in [3.8, 4) is 0 Å². The highest BCUT2D eigenvalue weighted by Gasteiger charge is 2.49. The van der Waals surface area contributed by atoms with Crippen LogP contribution in [0.25, 0.3) is 0 Å². The van der Waals surface area contributed by atoms with Crippen LogP contribution in [0, 0.1) is 0 Å². The lowest BCUT2D eigenvalue weighted by atomic mass is 9.85. The van der Waals surface area contributed by atoms with Crippen molar-refractivity contribution in [1.82, 2.24) is 0 Å². The van der Waals surface area contributed by atoms with Crippen LogP contribution in [0.3, 0.4) is 0 Å². The summed E-state index contributed by atoms with van der Waals surface area (Å²) in [4.78, 5) is 0. The van der Waals surface area contributed by atoms with Gasteiger partial charge in [-0.3, -0.25) is 0 Å². The molecule has 0 unspecified atom stereocenters. The molecule has 3 rings (SSSR count). The maximum absolute atomic E-state index is 8.97. The van der Waals surface area contributed by atoms with Gasteiger partial charge >= 0.3 is 0 Å². The SMILES string of the molecule is OC1C(O)C(O)C(O)C(O)C1O.OC1C(O)C(O)C(O)C(O)C1O.OC1C(O)C(O)C(O)C(O)C1O. The van der Waals surface area contributed by atoms with Gasteiger partial charge in [0.05, 0.1) is 0 Å². The van der Waals surface area contributed by atoms with Gasteiger partial charge in [-0.05, 0) is 0 Å². The zero-order valence-corrected chi connectivity index (χ0v) is 18.4. The number of rotatable bonds is 0. The van der Waals surface area contributed by atoms with E-state index in [1.165, 1.54) is 0 Å². The van der Waals surface area contributed by atoms with Gasteiger partial charge in [-0.15, -0.1) is 0 Å². The second-order valence-electron chi connectivity index (χ2n) is 8.83. The van der Waals surface area contributed by atoms with Gasteiger partial charge in [-0.1, -0.05) is 0 Å². The van der Waals surface area contributed by atoms with Crippen LogP contribution in [0.5, 0.6) is 0 Å². The third-order valence-corrected chi connectivity index (χ3v) is 6.30. The number of hydrogen-bond acceptors (Lipinski definition) is 18. The van der Waals surface area contributed by atoms with Gasteiger partial charge in [-0.2, -0.15) is 0 Å². The first-order valence-electron chi connectivity index (χ1n) is 10.6. The molecule has 18 heteroatoms. The Bertz CT molecular complexity index is 396. The highest BCUT2D eigenvalue weighted by Crippen LogP contribution is 2.22. The minimum absolute atomic E-state index is 1.64. The smallest absolute Gasteiger partial charge is 0.111 e. The molecule has 18 nitrogen and oxygen atoms in total. The summed E-state index contributed by atoms with van der Waals surface area (Å²) in [5.41, 5.74) is 0. The van der Waals surface area contributed by atoms with E-state index < -0.39 is 110 Å². The van der Waals surface area contributed by atoms with Gasteiger partial charge in [-0.25, -0.2) is 0 Å². The molecular formula is C18H36O18. The second kappa shape index (κ2) is 13.4. The Morgan fingerprint density at radius 3 is 0.167 bits per heavy atom. The van der Waals surface area contributed by atoms with E-state index in [1.54, 1.807) is 0 Å². The predicted molar refractivity (Wildman–Crippen MR) is 108 cm³/mol. The number of aliphatic hydroxyl groups is 18. The van der Waals surface area contributed by atoms with E-state index in [1.807, 2.05) is 0 Å². The summed E-state index contributed by atoms with van der Waals surface area (Å²) in [6.45, 7) is 0. The van der Waals surface area contributed by atoms with Crippen LogP contribution in [0.15, 0.2) is 0 Å². The van der Waals surface area contributed by atoms with Crippen molar-refractivity contribution in [1.29, 1.82) is 0 Å². The Balaban J connectivity index is 0.000000270. The highest BCUT2D eigenvalue weighted by atomic mass is 16.4. The average molecular weight is 540 g/mol. The first-order chi connectivity index (χ1) is 16.4. The normalized spacial score (nSPS) is 55.5. The van der Waals surface area contributed by atoms with Gasteiger partial charge in [0.1, 0.15) is 110 Å². The topological polar surface area (TPSA) is 364 Å². The molecule has 0 heterocycles. The second-order valence-corrected chi connectivity index (χ2v) is 8.83. The molecule has 0 atom stereocenters. The number of hydrogen-bond donors (Lipinski definition) is 18. The monoisotopic (exact) mass is 540 g/mol. The molecule has 0 spiro atoms. The summed E-state index contributed by atoms with van der Waals surface area (Å²) in [7, 11) is 0. The first-order valence-corrected chi connectivity index (χ1v) is 10.6. The molecule has 36 heavy (non-hydrogen) atoms. The van der Waals surface area contributed by atoms with Crippen molar-refractivity contribution in [2.75, 3.05) is 0 Å². The average Bonchev–Trinajstić information content (AvgIpc) is 2.87. The predicted octanol–water partition coefficient (Wildman–Crippen LogP) is -11.5. The third-order valence-electron chi connectivity index (χ3n) is 6.30. The zero-order valence-electron chi connectivity index (χ0n) is 18.4. The van der Waals surface area contributed by atoms with Crippen LogP contribution in [-0.2, 0) is 0 Å². The highest BCUT2D eigenvalue weighted by molar-refractivity contribution is 4.99. The zero-order chi connectivity index (χ0) is 28.4. The molecule has 216 valence electrons. The van der Waals surface area contributed by atoms with Gasteiger partial charge in [0.15, 0.2) is 0 Å². The largest absolute Gasteiger partial charge is 0.387 e. The van der Waals surface area contributed by atoms with E-state index in [2.05, 4.69) is 0 Å². The Morgan fingerprint density at radius 1 is 0.111 bits per heavy atom. The summed E-state index contributed by atoms with van der Waals surface area (Å²) in [6, 6.07) is 0. The van der Waals surface area contributed by atoms with Gasteiger partial charge < -0.3 is 91.9 Å². The minimum atomic E-state index is -1.64. The van der Waals surface area contributed by atoms with Gasteiger partial charge in [0.2, 0.25) is 0 Å². The molecule has 0 radical (unpaired) electrons. The Hall–Kier alpha value is -0.720. The van der Waals surface area contributed by atoms with Crippen LogP contribution in [0.4, 0.5) is 0 Å². The lowest BCUT2D eigenvalue weighted by molar-refractivity contribution is -0.223. The van der Waals surface area contributed by atoms with E-state index >= 15 is 0 Å². The standard InChI is InChI=1S/3C6H12O6/c3*7-1-2(8)4(10)6(12)5(11)3(1)9/h3*1-12H. The van der Waals surface area contributed by atoms with E-state index in [0.29, 0.717) is 0 Å². The minimum Gasteiger partial charge on any atom is -0.387 e. The van der Waals surface area contributed by atoms with Crippen molar-refractivity contribution in [2.45, 2.75) is 110 Å². The van der Waals surface area contributed by atoms with E-state index in [4.69, 9.17) is 91.9 Å². The summed E-state index contributed by atoms with van der Waals surface area (Å²) in [5.74, 6) is 0. The fraction of sp³-hybridized carbons (Fsp3) is 1.00. The molecule has 0 bridgehead atoms. The summed E-state index contributed by atoms with van der Waals surface area (Å²) in [5, 5.41) is 162. The number of aliphatic hydroxyl groups excluding tert-OH is 18. The van der Waals surface area contributed by atoms with Gasteiger partial charge in [0.25, 0.3) is 0 Å².